The molecule has 0 bridgehead atoms. The maximum Gasteiger partial charge on any atom is 0.417 e. The van der Waals surface area contributed by atoms with Gasteiger partial charge in [0.25, 0.3) is 0 Å². The summed E-state index contributed by atoms with van der Waals surface area (Å²) >= 11 is 0. The molecule has 1 aliphatic carbocycles. The van der Waals surface area contributed by atoms with Crippen LogP contribution in [0.1, 0.15) is 30.9 Å². The summed E-state index contributed by atoms with van der Waals surface area (Å²) in [6.45, 7) is 1.57. The number of nitriles is 1. The molecule has 0 aliphatic heterocycles. The lowest BCUT2D eigenvalue weighted by Crippen LogP contribution is -2.38. The van der Waals surface area contributed by atoms with Crippen molar-refractivity contribution in [1.82, 2.24) is 5.32 Å². The minimum absolute atomic E-state index is 0.153. The third-order valence-corrected chi connectivity index (χ3v) is 3.15. The zero-order valence-electron chi connectivity index (χ0n) is 11.3. The van der Waals surface area contributed by atoms with Gasteiger partial charge in [-0.1, -0.05) is 0 Å². The molecule has 2 N–H and O–H groups in total. The number of halogens is 3. The highest BCUT2D eigenvalue weighted by Gasteiger charge is 2.34. The SMILES string of the molecule is CC(Nc1ccc(C#N)c(C(F)(F)F)c1)C(=O)NC1CC1. The van der Waals surface area contributed by atoms with Gasteiger partial charge >= 0.3 is 6.18 Å². The molecule has 112 valence electrons. The van der Waals surface area contributed by atoms with Gasteiger partial charge in [0.15, 0.2) is 0 Å². The third kappa shape index (κ3) is 3.88. The molecule has 1 unspecified atom stereocenters. The lowest BCUT2D eigenvalue weighted by Gasteiger charge is -2.17. The van der Waals surface area contributed by atoms with E-state index >= 15 is 0 Å². The Bertz CT molecular complexity index is 588. The van der Waals surface area contributed by atoms with Crippen LogP contribution in [0.15, 0.2) is 18.2 Å². The van der Waals surface area contributed by atoms with E-state index in [0.717, 1.165) is 25.0 Å². The fourth-order valence-electron chi connectivity index (χ4n) is 1.84. The molecule has 1 aromatic carbocycles. The van der Waals surface area contributed by atoms with Crippen LogP contribution in [-0.4, -0.2) is 18.0 Å². The topological polar surface area (TPSA) is 64.9 Å². The van der Waals surface area contributed by atoms with Crippen LogP contribution in [0, 0.1) is 11.3 Å². The first-order valence-corrected chi connectivity index (χ1v) is 6.49. The van der Waals surface area contributed by atoms with Gasteiger partial charge in [-0.25, -0.2) is 0 Å². The lowest BCUT2D eigenvalue weighted by atomic mass is 10.1. The summed E-state index contributed by atoms with van der Waals surface area (Å²) in [4.78, 5) is 11.8. The molecule has 7 heteroatoms. The zero-order valence-corrected chi connectivity index (χ0v) is 11.3. The highest BCUT2D eigenvalue weighted by Crippen LogP contribution is 2.33. The van der Waals surface area contributed by atoms with Crippen LogP contribution in [0.25, 0.3) is 0 Å². The van der Waals surface area contributed by atoms with E-state index in [9.17, 15) is 18.0 Å². The van der Waals surface area contributed by atoms with Gasteiger partial charge in [0.05, 0.1) is 17.2 Å². The molecule has 0 saturated heterocycles. The summed E-state index contributed by atoms with van der Waals surface area (Å²) < 4.78 is 38.5. The molecule has 1 fully saturated rings. The average Bonchev–Trinajstić information content (AvgIpc) is 3.21. The van der Waals surface area contributed by atoms with Crippen molar-refractivity contribution < 1.29 is 18.0 Å². The Morgan fingerprint density at radius 2 is 2.10 bits per heavy atom. The molecule has 0 heterocycles. The van der Waals surface area contributed by atoms with Gasteiger partial charge in [-0.3, -0.25) is 4.79 Å². The van der Waals surface area contributed by atoms with Gasteiger partial charge in [0, 0.05) is 11.7 Å². The maximum absolute atomic E-state index is 12.8. The average molecular weight is 297 g/mol. The number of nitrogens with one attached hydrogen (secondary N) is 2. The second kappa shape index (κ2) is 5.64. The van der Waals surface area contributed by atoms with Crippen molar-refractivity contribution in [2.24, 2.45) is 0 Å². The smallest absolute Gasteiger partial charge is 0.374 e. The van der Waals surface area contributed by atoms with E-state index in [4.69, 9.17) is 5.26 Å². The standard InChI is InChI=1S/C14H14F3N3O/c1-8(13(21)20-10-4-5-10)19-11-3-2-9(7-18)12(6-11)14(15,16)17/h2-3,6,8,10,19H,4-5H2,1H3,(H,20,21). The van der Waals surface area contributed by atoms with E-state index in [1.807, 2.05) is 0 Å². The number of rotatable bonds is 4. The second-order valence-electron chi connectivity index (χ2n) is 5.02. The summed E-state index contributed by atoms with van der Waals surface area (Å²) in [6.07, 6.45) is -2.73. The Hall–Kier alpha value is -2.23. The molecule has 21 heavy (non-hydrogen) atoms. The van der Waals surface area contributed by atoms with Crippen LogP contribution in [-0.2, 0) is 11.0 Å². The quantitative estimate of drug-likeness (QED) is 0.898. The van der Waals surface area contributed by atoms with Crippen molar-refractivity contribution >= 4 is 11.6 Å². The number of alkyl halides is 3. The Labute approximate surface area is 119 Å². The normalized spacial score (nSPS) is 16.0. The molecule has 1 amide bonds. The number of benzene rings is 1. The van der Waals surface area contributed by atoms with Crippen molar-refractivity contribution in [1.29, 1.82) is 5.26 Å². The molecule has 0 radical (unpaired) electrons. The largest absolute Gasteiger partial charge is 0.417 e. The number of amides is 1. The van der Waals surface area contributed by atoms with Crippen molar-refractivity contribution in [3.63, 3.8) is 0 Å². The minimum Gasteiger partial charge on any atom is -0.374 e. The van der Waals surface area contributed by atoms with Crippen molar-refractivity contribution in [3.05, 3.63) is 29.3 Å². The molecule has 0 aromatic heterocycles. The number of anilines is 1. The Kier molecular flexibility index (Phi) is 4.07. The van der Waals surface area contributed by atoms with Crippen LogP contribution < -0.4 is 10.6 Å². The number of carbonyl (C=O) groups excluding carboxylic acids is 1. The highest BCUT2D eigenvalue weighted by atomic mass is 19.4. The maximum atomic E-state index is 12.8. The van der Waals surface area contributed by atoms with Gasteiger partial charge < -0.3 is 10.6 Å². The molecule has 1 saturated carbocycles. The van der Waals surface area contributed by atoms with Gasteiger partial charge in [0.1, 0.15) is 6.04 Å². The third-order valence-electron chi connectivity index (χ3n) is 3.15. The zero-order chi connectivity index (χ0) is 15.6. The predicted molar refractivity (Wildman–Crippen MR) is 70.4 cm³/mol. The fourth-order valence-corrected chi connectivity index (χ4v) is 1.84. The second-order valence-corrected chi connectivity index (χ2v) is 5.02. The Morgan fingerprint density at radius 3 is 2.62 bits per heavy atom. The van der Waals surface area contributed by atoms with Gasteiger partial charge in [-0.15, -0.1) is 0 Å². The monoisotopic (exact) mass is 297 g/mol. The highest BCUT2D eigenvalue weighted by molar-refractivity contribution is 5.84. The minimum atomic E-state index is -4.61. The first kappa shape index (κ1) is 15.2. The number of carbonyl (C=O) groups is 1. The van der Waals surface area contributed by atoms with Gasteiger partial charge in [-0.2, -0.15) is 18.4 Å². The predicted octanol–water partition coefficient (Wildman–Crippen LogP) is 2.66. The summed E-state index contributed by atoms with van der Waals surface area (Å²) in [5.41, 5.74) is -1.30. The molecular weight excluding hydrogens is 283 g/mol. The van der Waals surface area contributed by atoms with E-state index < -0.39 is 23.3 Å². The van der Waals surface area contributed by atoms with E-state index in [1.165, 1.54) is 12.1 Å². The summed E-state index contributed by atoms with van der Waals surface area (Å²) in [7, 11) is 0. The van der Waals surface area contributed by atoms with Crippen molar-refractivity contribution in [2.45, 2.75) is 38.0 Å². The number of hydrogen-bond acceptors (Lipinski definition) is 3. The van der Waals surface area contributed by atoms with Crippen LogP contribution in [0.4, 0.5) is 18.9 Å². The van der Waals surface area contributed by atoms with Gasteiger partial charge in [0.2, 0.25) is 5.91 Å². The van der Waals surface area contributed by atoms with Crippen LogP contribution in [0.3, 0.4) is 0 Å². The first-order valence-electron chi connectivity index (χ1n) is 6.49. The first-order chi connectivity index (χ1) is 9.81. The van der Waals surface area contributed by atoms with Crippen molar-refractivity contribution in [2.75, 3.05) is 5.32 Å². The summed E-state index contributed by atoms with van der Waals surface area (Å²) in [5.74, 6) is -0.254. The molecule has 1 aromatic rings. The molecule has 1 aliphatic rings. The lowest BCUT2D eigenvalue weighted by molar-refractivity contribution is -0.137. The number of hydrogen-bond donors (Lipinski definition) is 2. The van der Waals surface area contributed by atoms with Crippen LogP contribution >= 0.6 is 0 Å². The fraction of sp³-hybridized carbons (Fsp3) is 0.429. The molecule has 0 spiro atoms. The van der Waals surface area contributed by atoms with E-state index in [1.54, 1.807) is 6.92 Å². The molecule has 2 rings (SSSR count). The number of nitrogens with zero attached hydrogens (tertiary/aromatic N) is 1. The molecule has 4 nitrogen and oxygen atoms in total. The summed E-state index contributed by atoms with van der Waals surface area (Å²) in [6, 6.07) is 4.34. The van der Waals surface area contributed by atoms with E-state index in [2.05, 4.69) is 10.6 Å². The van der Waals surface area contributed by atoms with Crippen LogP contribution in [0.2, 0.25) is 0 Å². The van der Waals surface area contributed by atoms with Crippen LogP contribution in [0.5, 0.6) is 0 Å². The summed E-state index contributed by atoms with van der Waals surface area (Å²) in [5, 5.41) is 14.2. The van der Waals surface area contributed by atoms with E-state index in [-0.39, 0.29) is 17.6 Å². The molecule has 1 atom stereocenters. The Morgan fingerprint density at radius 1 is 1.43 bits per heavy atom. The van der Waals surface area contributed by atoms with Gasteiger partial charge in [-0.05, 0) is 38.0 Å². The van der Waals surface area contributed by atoms with E-state index in [0.29, 0.717) is 0 Å². The Balaban J connectivity index is 2.13. The molecular formula is C14H14F3N3O. The van der Waals surface area contributed by atoms with Crippen molar-refractivity contribution in [3.8, 4) is 6.07 Å².